The first-order chi connectivity index (χ1) is 9.51. The number of hydrogen-bond acceptors (Lipinski definition) is 6. The summed E-state index contributed by atoms with van der Waals surface area (Å²) in [6.45, 7) is 3.01. The van der Waals surface area contributed by atoms with Crippen LogP contribution in [0.25, 0.3) is 0 Å². The second kappa shape index (κ2) is 7.93. The predicted molar refractivity (Wildman–Crippen MR) is 73.3 cm³/mol. The molecule has 112 valence electrons. The number of methoxy groups -OCH3 is 2. The lowest BCUT2D eigenvalue weighted by molar-refractivity contribution is 0.0479. The average Bonchev–Trinajstić information content (AvgIpc) is 2.89. The Labute approximate surface area is 121 Å². The molecule has 7 nitrogen and oxygen atoms in total. The van der Waals surface area contributed by atoms with E-state index in [4.69, 9.17) is 14.6 Å². The van der Waals surface area contributed by atoms with Crippen LogP contribution in [0.4, 0.5) is 0 Å². The van der Waals surface area contributed by atoms with Crippen LogP contribution in [-0.4, -0.2) is 66.9 Å². The van der Waals surface area contributed by atoms with E-state index >= 15 is 0 Å². The molecule has 1 heterocycles. The summed E-state index contributed by atoms with van der Waals surface area (Å²) in [5.74, 6) is -1.46. The van der Waals surface area contributed by atoms with E-state index in [1.165, 1.54) is 5.38 Å². The summed E-state index contributed by atoms with van der Waals surface area (Å²) in [7, 11) is 3.11. The Bertz CT molecular complexity index is 462. The third-order valence-electron chi connectivity index (χ3n) is 2.64. The van der Waals surface area contributed by atoms with E-state index in [2.05, 4.69) is 4.98 Å². The maximum absolute atomic E-state index is 12.4. The van der Waals surface area contributed by atoms with Crippen LogP contribution < -0.4 is 0 Å². The number of nitrogens with zero attached hydrogens (tertiary/aromatic N) is 2. The Balaban J connectivity index is 2.87. The highest BCUT2D eigenvalue weighted by Gasteiger charge is 2.24. The summed E-state index contributed by atoms with van der Waals surface area (Å²) in [5.41, 5.74) is -0.121. The Morgan fingerprint density at radius 1 is 1.45 bits per heavy atom. The first-order valence-corrected chi connectivity index (χ1v) is 6.86. The van der Waals surface area contributed by atoms with Crippen molar-refractivity contribution in [3.8, 4) is 0 Å². The molecule has 0 aromatic carbocycles. The maximum Gasteiger partial charge on any atom is 0.355 e. The van der Waals surface area contributed by atoms with Gasteiger partial charge >= 0.3 is 5.97 Å². The number of carbonyl (C=O) groups excluding carboxylic acids is 1. The van der Waals surface area contributed by atoms with Gasteiger partial charge in [-0.05, 0) is 6.92 Å². The van der Waals surface area contributed by atoms with E-state index in [-0.39, 0.29) is 22.7 Å². The average molecular weight is 302 g/mol. The van der Waals surface area contributed by atoms with E-state index < -0.39 is 5.97 Å². The third-order valence-corrected chi connectivity index (χ3v) is 3.47. The van der Waals surface area contributed by atoms with Gasteiger partial charge in [0.15, 0.2) is 10.7 Å². The van der Waals surface area contributed by atoms with Crippen LogP contribution in [0.2, 0.25) is 0 Å². The quantitative estimate of drug-likeness (QED) is 0.769. The highest BCUT2D eigenvalue weighted by molar-refractivity contribution is 7.11. The van der Waals surface area contributed by atoms with Crippen LogP contribution in [-0.2, 0) is 9.47 Å². The van der Waals surface area contributed by atoms with Crippen molar-refractivity contribution in [2.75, 3.05) is 34.0 Å². The molecule has 0 aliphatic carbocycles. The number of aromatic carboxylic acids is 1. The smallest absolute Gasteiger partial charge is 0.355 e. The highest BCUT2D eigenvalue weighted by Crippen LogP contribution is 2.14. The van der Waals surface area contributed by atoms with Gasteiger partial charge in [0.1, 0.15) is 0 Å². The number of aromatic nitrogens is 1. The summed E-state index contributed by atoms with van der Waals surface area (Å²) < 4.78 is 10.0. The van der Waals surface area contributed by atoms with Crippen LogP contribution >= 0.6 is 11.3 Å². The second-order valence-electron chi connectivity index (χ2n) is 4.14. The van der Waals surface area contributed by atoms with Crippen molar-refractivity contribution < 1.29 is 24.2 Å². The van der Waals surface area contributed by atoms with Crippen LogP contribution in [0.5, 0.6) is 0 Å². The lowest BCUT2D eigenvalue weighted by atomic mass is 10.3. The molecule has 0 bridgehead atoms. The lowest BCUT2D eigenvalue weighted by Crippen LogP contribution is -2.43. The molecule has 0 spiro atoms. The van der Waals surface area contributed by atoms with Crippen molar-refractivity contribution in [2.24, 2.45) is 0 Å². The molecule has 20 heavy (non-hydrogen) atoms. The third kappa shape index (κ3) is 4.26. The van der Waals surface area contributed by atoms with Crippen molar-refractivity contribution >= 4 is 23.2 Å². The van der Waals surface area contributed by atoms with Crippen molar-refractivity contribution in [2.45, 2.75) is 13.0 Å². The summed E-state index contributed by atoms with van der Waals surface area (Å²) >= 11 is 1.02. The van der Waals surface area contributed by atoms with Gasteiger partial charge in [0.25, 0.3) is 5.91 Å². The number of carboxylic acid groups (broad SMARTS) is 1. The zero-order chi connectivity index (χ0) is 15.1. The number of rotatable bonds is 8. The first kappa shape index (κ1) is 16.5. The molecular weight excluding hydrogens is 284 g/mol. The molecule has 0 fully saturated rings. The fraction of sp³-hybridized carbons (Fsp3) is 0.583. The number of carboxylic acids is 1. The molecule has 0 aliphatic rings. The standard InChI is InChI=1S/C12H18N2O5S/c1-8(6-19-3)14(4-5-18-2)11(15)10-13-9(7-20-10)12(16)17/h7-8H,4-6H2,1-3H3,(H,16,17). The summed E-state index contributed by atoms with van der Waals surface area (Å²) in [5, 5.41) is 10.3. The van der Waals surface area contributed by atoms with Gasteiger partial charge in [0, 0.05) is 26.1 Å². The minimum atomic E-state index is -1.14. The Morgan fingerprint density at radius 3 is 2.65 bits per heavy atom. The van der Waals surface area contributed by atoms with E-state index in [0.717, 1.165) is 11.3 Å². The first-order valence-electron chi connectivity index (χ1n) is 5.99. The van der Waals surface area contributed by atoms with E-state index in [1.54, 1.807) is 19.1 Å². The fourth-order valence-electron chi connectivity index (χ4n) is 1.64. The summed E-state index contributed by atoms with van der Waals surface area (Å²) in [6.07, 6.45) is 0. The molecule has 1 unspecified atom stereocenters. The van der Waals surface area contributed by atoms with Crippen molar-refractivity contribution in [1.29, 1.82) is 0 Å². The maximum atomic E-state index is 12.4. The Hall–Kier alpha value is -1.51. The number of ether oxygens (including phenoxy) is 2. The minimum absolute atomic E-state index is 0.121. The van der Waals surface area contributed by atoms with Gasteiger partial charge in [-0.2, -0.15) is 0 Å². The van der Waals surface area contributed by atoms with Gasteiger partial charge in [-0.3, -0.25) is 4.79 Å². The molecule has 8 heteroatoms. The van der Waals surface area contributed by atoms with Gasteiger partial charge in [-0.25, -0.2) is 9.78 Å². The van der Waals surface area contributed by atoms with Gasteiger partial charge in [0.05, 0.1) is 19.3 Å². The van der Waals surface area contributed by atoms with Crippen molar-refractivity contribution in [3.05, 3.63) is 16.1 Å². The SMILES string of the molecule is COCCN(C(=O)c1nc(C(=O)O)cs1)C(C)COC. The van der Waals surface area contributed by atoms with E-state index in [9.17, 15) is 9.59 Å². The molecule has 0 saturated carbocycles. The van der Waals surface area contributed by atoms with Crippen LogP contribution in [0.15, 0.2) is 5.38 Å². The van der Waals surface area contributed by atoms with Crippen molar-refractivity contribution in [1.82, 2.24) is 9.88 Å². The van der Waals surface area contributed by atoms with Crippen LogP contribution in [0.1, 0.15) is 27.2 Å². The largest absolute Gasteiger partial charge is 0.476 e. The molecule has 0 aliphatic heterocycles. The Kier molecular flexibility index (Phi) is 6.56. The molecule has 1 aromatic rings. The number of carbonyl (C=O) groups is 2. The van der Waals surface area contributed by atoms with E-state index in [1.807, 2.05) is 6.92 Å². The van der Waals surface area contributed by atoms with E-state index in [0.29, 0.717) is 19.8 Å². The molecule has 1 rings (SSSR count). The molecule has 1 N–H and O–H groups in total. The molecule has 1 atom stereocenters. The predicted octanol–water partition coefficient (Wildman–Crippen LogP) is 0.965. The molecule has 1 aromatic heterocycles. The minimum Gasteiger partial charge on any atom is -0.476 e. The molecule has 1 amide bonds. The summed E-state index contributed by atoms with van der Waals surface area (Å²) in [4.78, 5) is 28.6. The Morgan fingerprint density at radius 2 is 2.15 bits per heavy atom. The number of thiazole rings is 1. The second-order valence-corrected chi connectivity index (χ2v) is 5.00. The normalized spacial score (nSPS) is 12.2. The monoisotopic (exact) mass is 302 g/mol. The van der Waals surface area contributed by atoms with Gasteiger partial charge in [0.2, 0.25) is 0 Å². The molecule has 0 radical (unpaired) electrons. The van der Waals surface area contributed by atoms with Crippen molar-refractivity contribution in [3.63, 3.8) is 0 Å². The van der Waals surface area contributed by atoms with Gasteiger partial charge < -0.3 is 19.5 Å². The zero-order valence-electron chi connectivity index (χ0n) is 11.7. The molecule has 0 saturated heterocycles. The topological polar surface area (TPSA) is 89.0 Å². The number of hydrogen-bond donors (Lipinski definition) is 1. The summed E-state index contributed by atoms with van der Waals surface area (Å²) in [6, 6.07) is -0.153. The fourth-order valence-corrected chi connectivity index (χ4v) is 2.38. The van der Waals surface area contributed by atoms with Crippen LogP contribution in [0.3, 0.4) is 0 Å². The van der Waals surface area contributed by atoms with Crippen LogP contribution in [0, 0.1) is 0 Å². The lowest BCUT2D eigenvalue weighted by Gasteiger charge is -2.27. The number of amides is 1. The zero-order valence-corrected chi connectivity index (χ0v) is 12.5. The highest BCUT2D eigenvalue weighted by atomic mass is 32.1. The van der Waals surface area contributed by atoms with Gasteiger partial charge in [-0.15, -0.1) is 11.3 Å². The molecular formula is C12H18N2O5S. The van der Waals surface area contributed by atoms with Gasteiger partial charge in [-0.1, -0.05) is 0 Å².